The summed E-state index contributed by atoms with van der Waals surface area (Å²) >= 11 is 6.05. The van der Waals surface area contributed by atoms with Crippen molar-refractivity contribution in [1.82, 2.24) is 4.98 Å². The van der Waals surface area contributed by atoms with E-state index in [0.29, 0.717) is 34.0 Å². The molecule has 0 aliphatic carbocycles. The second kappa shape index (κ2) is 10.2. The minimum absolute atomic E-state index is 0.0364. The van der Waals surface area contributed by atoms with E-state index in [9.17, 15) is 9.59 Å². The number of rotatable bonds is 8. The molecular weight excluding hydrogens is 476 g/mol. The fourth-order valence-corrected chi connectivity index (χ4v) is 4.73. The van der Waals surface area contributed by atoms with Crippen LogP contribution in [0.5, 0.6) is 5.75 Å². The lowest BCUT2D eigenvalue weighted by atomic mass is 9.98. The van der Waals surface area contributed by atoms with Crippen LogP contribution in [0.1, 0.15) is 65.9 Å². The van der Waals surface area contributed by atoms with Crippen molar-refractivity contribution in [2.24, 2.45) is 0 Å². The normalized spacial score (nSPS) is 14.9. The molecule has 0 radical (unpaired) electrons. The molecule has 6 nitrogen and oxygen atoms in total. The SMILES string of the molecule is CCCCCCOc1ccc(C2c3c(oc4ccc(C)cc4c3=O)C(=O)N2c2ccc(Cl)cn2)cc1. The summed E-state index contributed by atoms with van der Waals surface area (Å²) in [7, 11) is 0. The van der Waals surface area contributed by atoms with Gasteiger partial charge in [-0.15, -0.1) is 0 Å². The zero-order valence-electron chi connectivity index (χ0n) is 20.3. The van der Waals surface area contributed by atoms with Gasteiger partial charge >= 0.3 is 0 Å². The molecule has 0 saturated carbocycles. The van der Waals surface area contributed by atoms with Crippen molar-refractivity contribution in [1.29, 1.82) is 0 Å². The standard InChI is InChI=1S/C29H27ClN2O4/c1-3-4-5-6-15-35-21-11-8-19(9-12-21)26-25-27(33)22-16-18(2)7-13-23(22)36-28(25)29(34)32(26)24-14-10-20(30)17-31-24/h7-14,16-17,26H,3-6,15H2,1-2H3. The maximum atomic E-state index is 13.7. The average molecular weight is 503 g/mol. The quantitative estimate of drug-likeness (QED) is 0.246. The van der Waals surface area contributed by atoms with Crippen molar-refractivity contribution in [2.45, 2.75) is 45.6 Å². The summed E-state index contributed by atoms with van der Waals surface area (Å²) < 4.78 is 11.9. The average Bonchev–Trinajstić information content (AvgIpc) is 3.18. The number of amides is 1. The fourth-order valence-electron chi connectivity index (χ4n) is 4.61. The topological polar surface area (TPSA) is 72.6 Å². The summed E-state index contributed by atoms with van der Waals surface area (Å²) in [5.41, 5.74) is 2.17. The highest BCUT2D eigenvalue weighted by Gasteiger charge is 2.44. The van der Waals surface area contributed by atoms with Crippen LogP contribution in [0, 0.1) is 6.92 Å². The number of aromatic nitrogens is 1. The van der Waals surface area contributed by atoms with E-state index in [1.165, 1.54) is 23.9 Å². The number of ether oxygens (including phenoxy) is 1. The summed E-state index contributed by atoms with van der Waals surface area (Å²) in [6.45, 7) is 4.75. The molecule has 2 aromatic heterocycles. The van der Waals surface area contributed by atoms with E-state index in [-0.39, 0.29) is 11.2 Å². The second-order valence-electron chi connectivity index (χ2n) is 9.06. The lowest BCUT2D eigenvalue weighted by molar-refractivity contribution is 0.0970. The van der Waals surface area contributed by atoms with E-state index in [0.717, 1.165) is 29.7 Å². The number of unbranched alkanes of at least 4 members (excludes halogenated alkanes) is 3. The molecule has 0 bridgehead atoms. The summed E-state index contributed by atoms with van der Waals surface area (Å²) in [4.78, 5) is 33.2. The van der Waals surface area contributed by atoms with Gasteiger partial charge in [0.05, 0.1) is 28.6 Å². The molecule has 0 fully saturated rings. The number of halogens is 1. The van der Waals surface area contributed by atoms with Gasteiger partial charge in [0.15, 0.2) is 5.43 Å². The van der Waals surface area contributed by atoms with Crippen LogP contribution in [0.15, 0.2) is 70.0 Å². The minimum atomic E-state index is -0.694. The van der Waals surface area contributed by atoms with Gasteiger partial charge in [-0.1, -0.05) is 61.5 Å². The molecule has 1 amide bonds. The van der Waals surface area contributed by atoms with Crippen LogP contribution >= 0.6 is 11.6 Å². The van der Waals surface area contributed by atoms with Crippen LogP contribution in [0.25, 0.3) is 11.0 Å². The van der Waals surface area contributed by atoms with Gasteiger partial charge in [0.25, 0.3) is 5.91 Å². The van der Waals surface area contributed by atoms with Crippen molar-refractivity contribution < 1.29 is 13.9 Å². The monoisotopic (exact) mass is 502 g/mol. The number of carbonyl (C=O) groups excluding carboxylic acids is 1. The Morgan fingerprint density at radius 2 is 1.83 bits per heavy atom. The Kier molecular flexibility index (Phi) is 6.79. The first-order valence-corrected chi connectivity index (χ1v) is 12.6. The highest BCUT2D eigenvalue weighted by atomic mass is 35.5. The first-order chi connectivity index (χ1) is 17.5. The van der Waals surface area contributed by atoms with E-state index in [4.69, 9.17) is 20.8 Å². The van der Waals surface area contributed by atoms with Gasteiger partial charge in [-0.05, 0) is 55.3 Å². The van der Waals surface area contributed by atoms with Crippen LogP contribution in [0.2, 0.25) is 5.02 Å². The zero-order valence-corrected chi connectivity index (χ0v) is 21.0. The lowest BCUT2D eigenvalue weighted by Gasteiger charge is -2.24. The van der Waals surface area contributed by atoms with E-state index in [2.05, 4.69) is 11.9 Å². The van der Waals surface area contributed by atoms with Gasteiger partial charge in [-0.3, -0.25) is 14.5 Å². The van der Waals surface area contributed by atoms with Crippen LogP contribution in [-0.2, 0) is 0 Å². The molecule has 1 aliphatic heterocycles. The predicted molar refractivity (Wildman–Crippen MR) is 141 cm³/mol. The summed E-state index contributed by atoms with van der Waals surface area (Å²) in [6.07, 6.45) is 6.00. The van der Waals surface area contributed by atoms with Gasteiger partial charge in [-0.25, -0.2) is 4.98 Å². The Balaban J connectivity index is 1.57. The molecule has 7 heteroatoms. The molecule has 2 aromatic carbocycles. The third kappa shape index (κ3) is 4.49. The van der Waals surface area contributed by atoms with E-state index >= 15 is 0 Å². The maximum Gasteiger partial charge on any atom is 0.296 e. The van der Waals surface area contributed by atoms with Crippen LogP contribution in [-0.4, -0.2) is 17.5 Å². The van der Waals surface area contributed by atoms with Gasteiger partial charge in [0, 0.05) is 6.20 Å². The molecule has 1 atom stereocenters. The van der Waals surface area contributed by atoms with Crippen LogP contribution in [0.3, 0.4) is 0 Å². The summed E-state index contributed by atoms with van der Waals surface area (Å²) in [5, 5.41) is 0.903. The molecule has 0 saturated heterocycles. The number of benzene rings is 2. The van der Waals surface area contributed by atoms with Crippen molar-refractivity contribution in [3.63, 3.8) is 0 Å². The number of anilines is 1. The molecule has 5 rings (SSSR count). The number of pyridine rings is 1. The van der Waals surface area contributed by atoms with Crippen molar-refractivity contribution in [3.8, 4) is 5.75 Å². The van der Waals surface area contributed by atoms with Crippen molar-refractivity contribution in [3.05, 3.63) is 98.5 Å². The predicted octanol–water partition coefficient (Wildman–Crippen LogP) is 6.86. The van der Waals surface area contributed by atoms with E-state index in [1.807, 2.05) is 37.3 Å². The minimum Gasteiger partial charge on any atom is -0.494 e. The molecule has 1 unspecified atom stereocenters. The van der Waals surface area contributed by atoms with E-state index in [1.54, 1.807) is 24.3 Å². The molecule has 184 valence electrons. The van der Waals surface area contributed by atoms with E-state index < -0.39 is 11.9 Å². The molecular formula is C29H27ClN2O4. The van der Waals surface area contributed by atoms with Crippen LogP contribution in [0.4, 0.5) is 5.82 Å². The Bertz CT molecular complexity index is 1460. The zero-order chi connectivity index (χ0) is 25.2. The summed E-state index contributed by atoms with van der Waals surface area (Å²) in [6, 6.07) is 15.5. The molecule has 0 N–H and O–H groups in total. The molecule has 4 aromatic rings. The number of carbonyl (C=O) groups is 1. The first-order valence-electron chi connectivity index (χ1n) is 12.2. The molecule has 3 heterocycles. The Hall–Kier alpha value is -3.64. The third-order valence-electron chi connectivity index (χ3n) is 6.45. The number of nitrogens with zero attached hydrogens (tertiary/aromatic N) is 2. The lowest BCUT2D eigenvalue weighted by Crippen LogP contribution is -2.30. The second-order valence-corrected chi connectivity index (χ2v) is 9.50. The number of hydrogen-bond acceptors (Lipinski definition) is 5. The fraction of sp³-hybridized carbons (Fsp3) is 0.276. The summed E-state index contributed by atoms with van der Waals surface area (Å²) in [5.74, 6) is 0.754. The van der Waals surface area contributed by atoms with Crippen LogP contribution < -0.4 is 15.1 Å². The third-order valence-corrected chi connectivity index (χ3v) is 6.67. The Morgan fingerprint density at radius 1 is 1.03 bits per heavy atom. The number of hydrogen-bond donors (Lipinski definition) is 0. The molecule has 0 spiro atoms. The number of aryl methyl sites for hydroxylation is 1. The van der Waals surface area contributed by atoms with Gasteiger partial charge in [-0.2, -0.15) is 0 Å². The van der Waals surface area contributed by atoms with Crippen molar-refractivity contribution in [2.75, 3.05) is 11.5 Å². The van der Waals surface area contributed by atoms with Gasteiger partial charge in [0.1, 0.15) is 17.2 Å². The Labute approximate surface area is 214 Å². The smallest absolute Gasteiger partial charge is 0.296 e. The Morgan fingerprint density at radius 3 is 2.56 bits per heavy atom. The maximum absolute atomic E-state index is 13.7. The van der Waals surface area contributed by atoms with Gasteiger partial charge < -0.3 is 9.15 Å². The van der Waals surface area contributed by atoms with Gasteiger partial charge in [0.2, 0.25) is 5.76 Å². The largest absolute Gasteiger partial charge is 0.494 e. The molecule has 36 heavy (non-hydrogen) atoms. The number of fused-ring (bicyclic) bond motifs is 2. The van der Waals surface area contributed by atoms with Crippen molar-refractivity contribution >= 4 is 34.3 Å². The highest BCUT2D eigenvalue weighted by molar-refractivity contribution is 6.30. The molecule has 1 aliphatic rings. The highest BCUT2D eigenvalue weighted by Crippen LogP contribution is 2.41. The first kappa shape index (κ1) is 24.1.